The van der Waals surface area contributed by atoms with Crippen LogP contribution in [-0.2, 0) is 0 Å². The second-order valence-corrected chi connectivity index (χ2v) is 10.9. The fraction of sp³-hybridized carbons (Fsp3) is 0.500. The van der Waals surface area contributed by atoms with E-state index < -0.39 is 5.79 Å². The summed E-state index contributed by atoms with van der Waals surface area (Å²) in [5.74, 6) is 1.52. The summed E-state index contributed by atoms with van der Waals surface area (Å²) in [6, 6.07) is 14.7. The molecule has 2 unspecified atom stereocenters. The third-order valence-corrected chi connectivity index (χ3v) is 7.52. The molecule has 2 heterocycles. The first-order chi connectivity index (χ1) is 17.3. The second-order valence-electron chi connectivity index (χ2n) is 10.9. The molecule has 3 atom stereocenters. The zero-order chi connectivity index (χ0) is 25.3. The molecule has 1 saturated carbocycles. The van der Waals surface area contributed by atoms with Crippen LogP contribution in [-0.4, -0.2) is 48.9 Å². The van der Waals surface area contributed by atoms with E-state index in [1.165, 1.54) is 25.7 Å². The molecule has 1 aliphatic carbocycles. The monoisotopic (exact) mass is 490 g/mol. The van der Waals surface area contributed by atoms with Gasteiger partial charge < -0.3 is 24.4 Å². The first kappa shape index (κ1) is 24.7. The molecule has 1 saturated heterocycles. The Balaban J connectivity index is 1.41. The van der Waals surface area contributed by atoms with Crippen molar-refractivity contribution in [3.8, 4) is 17.2 Å². The van der Waals surface area contributed by atoms with Crippen LogP contribution < -0.4 is 19.5 Å². The van der Waals surface area contributed by atoms with Crippen molar-refractivity contribution in [2.75, 3.05) is 20.2 Å². The number of amides is 1. The van der Waals surface area contributed by atoms with Crippen molar-refractivity contribution < 1.29 is 19.0 Å². The molecule has 1 N–H and O–H groups in total. The molecular weight excluding hydrogens is 452 g/mol. The predicted molar refractivity (Wildman–Crippen MR) is 142 cm³/mol. The Bertz CT molecular complexity index is 1110. The standard InChI is InChI=1S/C30H38N2O4/c1-20(14-21-10-6-5-7-11-21)18-32(19-24-15-22-12-8-9-13-25(22)31-24)29(33)23-16-26(34-4)28-27(17-23)35-30(2,3)36-28/h5-7,10-11,14,16-17,22,24-25,31H,8-9,12-13,15,18-19H2,1-4H3/t22?,24-,25?/m0/s1. The maximum absolute atomic E-state index is 14.0. The number of hydrogen-bond acceptors (Lipinski definition) is 5. The van der Waals surface area contributed by atoms with Gasteiger partial charge in [0.15, 0.2) is 11.5 Å². The van der Waals surface area contributed by atoms with Crippen LogP contribution in [0.15, 0.2) is 48.0 Å². The van der Waals surface area contributed by atoms with Crippen LogP contribution in [0.5, 0.6) is 17.2 Å². The van der Waals surface area contributed by atoms with Crippen molar-refractivity contribution in [2.24, 2.45) is 5.92 Å². The summed E-state index contributed by atoms with van der Waals surface area (Å²) in [5, 5.41) is 3.84. The number of fused-ring (bicyclic) bond motifs is 2. The highest BCUT2D eigenvalue weighted by Crippen LogP contribution is 2.47. The lowest BCUT2D eigenvalue weighted by Gasteiger charge is -2.27. The van der Waals surface area contributed by atoms with E-state index in [0.29, 0.717) is 48.0 Å². The van der Waals surface area contributed by atoms with Gasteiger partial charge in [0, 0.05) is 44.6 Å². The Labute approximate surface area is 214 Å². The molecule has 6 nitrogen and oxygen atoms in total. The molecule has 3 aliphatic rings. The number of methoxy groups -OCH3 is 1. The van der Waals surface area contributed by atoms with Crippen LogP contribution in [0, 0.1) is 5.92 Å². The van der Waals surface area contributed by atoms with Crippen molar-refractivity contribution in [3.05, 3.63) is 59.2 Å². The van der Waals surface area contributed by atoms with E-state index in [2.05, 4.69) is 30.4 Å². The summed E-state index contributed by atoms with van der Waals surface area (Å²) in [6.45, 7) is 7.03. The van der Waals surface area contributed by atoms with Crippen molar-refractivity contribution in [1.82, 2.24) is 10.2 Å². The molecule has 0 spiro atoms. The van der Waals surface area contributed by atoms with Gasteiger partial charge in [0.05, 0.1) is 7.11 Å². The van der Waals surface area contributed by atoms with Gasteiger partial charge in [-0.3, -0.25) is 4.79 Å². The van der Waals surface area contributed by atoms with E-state index in [-0.39, 0.29) is 5.91 Å². The molecule has 0 radical (unpaired) electrons. The summed E-state index contributed by atoms with van der Waals surface area (Å²) in [6.07, 6.45) is 8.46. The Kier molecular flexibility index (Phi) is 6.98. The van der Waals surface area contributed by atoms with Crippen LogP contribution in [0.25, 0.3) is 6.08 Å². The topological polar surface area (TPSA) is 60.0 Å². The van der Waals surface area contributed by atoms with Crippen LogP contribution in [0.3, 0.4) is 0 Å². The lowest BCUT2D eigenvalue weighted by molar-refractivity contribution is -0.0439. The molecular formula is C30H38N2O4. The zero-order valence-corrected chi connectivity index (χ0v) is 21.9. The number of nitrogens with zero attached hydrogens (tertiary/aromatic N) is 1. The third kappa shape index (κ3) is 5.39. The molecule has 36 heavy (non-hydrogen) atoms. The fourth-order valence-electron chi connectivity index (χ4n) is 5.98. The van der Waals surface area contributed by atoms with Crippen molar-refractivity contribution >= 4 is 12.0 Å². The molecule has 1 amide bonds. The van der Waals surface area contributed by atoms with Gasteiger partial charge in [-0.15, -0.1) is 0 Å². The van der Waals surface area contributed by atoms with Crippen LogP contribution >= 0.6 is 0 Å². The SMILES string of the molecule is COc1cc(C(=O)N(CC(C)=Cc2ccccc2)C[C@@H]2CC3CCCCC3N2)cc2c1OC(C)(C)O2. The van der Waals surface area contributed by atoms with Crippen LogP contribution in [0.2, 0.25) is 0 Å². The first-order valence-electron chi connectivity index (χ1n) is 13.2. The highest BCUT2D eigenvalue weighted by Gasteiger charge is 2.38. The normalized spacial score (nSPS) is 24.3. The second kappa shape index (κ2) is 10.2. The van der Waals surface area contributed by atoms with Crippen molar-refractivity contribution in [2.45, 2.75) is 70.7 Å². The lowest BCUT2D eigenvalue weighted by atomic mass is 9.85. The van der Waals surface area contributed by atoms with Crippen LogP contribution in [0.4, 0.5) is 0 Å². The summed E-state index contributed by atoms with van der Waals surface area (Å²) in [5.41, 5.74) is 2.83. The molecule has 6 heteroatoms. The summed E-state index contributed by atoms with van der Waals surface area (Å²) in [7, 11) is 1.59. The largest absolute Gasteiger partial charge is 0.493 e. The Hall–Kier alpha value is -2.99. The Morgan fingerprint density at radius 1 is 1.17 bits per heavy atom. The number of carbonyl (C=O) groups is 1. The van der Waals surface area contributed by atoms with Gasteiger partial charge in [0.2, 0.25) is 11.5 Å². The molecule has 0 bridgehead atoms. The molecule has 2 aliphatic heterocycles. The van der Waals surface area contributed by atoms with Gasteiger partial charge in [-0.25, -0.2) is 0 Å². The lowest BCUT2D eigenvalue weighted by Crippen LogP contribution is -2.43. The van der Waals surface area contributed by atoms with E-state index in [4.69, 9.17) is 14.2 Å². The molecule has 2 aromatic carbocycles. The minimum Gasteiger partial charge on any atom is -0.493 e. The van der Waals surface area contributed by atoms with E-state index in [1.54, 1.807) is 19.2 Å². The average molecular weight is 491 g/mol. The Morgan fingerprint density at radius 2 is 1.94 bits per heavy atom. The highest BCUT2D eigenvalue weighted by atomic mass is 16.7. The third-order valence-electron chi connectivity index (χ3n) is 7.52. The fourth-order valence-corrected chi connectivity index (χ4v) is 5.98. The van der Waals surface area contributed by atoms with Gasteiger partial charge >= 0.3 is 0 Å². The minimum absolute atomic E-state index is 0.0260. The maximum Gasteiger partial charge on any atom is 0.254 e. The molecule has 0 aromatic heterocycles. The van der Waals surface area contributed by atoms with Crippen molar-refractivity contribution in [3.63, 3.8) is 0 Å². The number of nitrogens with one attached hydrogen (secondary N) is 1. The number of rotatable bonds is 7. The van der Waals surface area contributed by atoms with Gasteiger partial charge in [-0.05, 0) is 49.8 Å². The first-order valence-corrected chi connectivity index (χ1v) is 13.2. The number of hydrogen-bond donors (Lipinski definition) is 1. The Morgan fingerprint density at radius 3 is 2.69 bits per heavy atom. The predicted octanol–water partition coefficient (Wildman–Crippen LogP) is 5.67. The number of benzene rings is 2. The van der Waals surface area contributed by atoms with Gasteiger partial charge in [0.25, 0.3) is 5.91 Å². The molecule has 5 rings (SSSR count). The zero-order valence-electron chi connectivity index (χ0n) is 21.9. The van der Waals surface area contributed by atoms with E-state index in [9.17, 15) is 4.79 Å². The summed E-state index contributed by atoms with van der Waals surface area (Å²) < 4.78 is 17.5. The van der Waals surface area contributed by atoms with E-state index in [1.807, 2.05) is 36.9 Å². The number of carbonyl (C=O) groups excluding carboxylic acids is 1. The maximum atomic E-state index is 14.0. The highest BCUT2D eigenvalue weighted by molar-refractivity contribution is 5.96. The van der Waals surface area contributed by atoms with Gasteiger partial charge in [-0.1, -0.05) is 54.8 Å². The minimum atomic E-state index is -0.796. The number of ether oxygens (including phenoxy) is 3. The quantitative estimate of drug-likeness (QED) is 0.542. The summed E-state index contributed by atoms with van der Waals surface area (Å²) >= 11 is 0. The van der Waals surface area contributed by atoms with E-state index in [0.717, 1.165) is 23.5 Å². The van der Waals surface area contributed by atoms with Crippen LogP contribution in [0.1, 0.15) is 68.8 Å². The van der Waals surface area contributed by atoms with Gasteiger partial charge in [0.1, 0.15) is 0 Å². The van der Waals surface area contributed by atoms with E-state index >= 15 is 0 Å². The molecule has 192 valence electrons. The summed E-state index contributed by atoms with van der Waals surface area (Å²) in [4.78, 5) is 16.0. The van der Waals surface area contributed by atoms with Gasteiger partial charge in [-0.2, -0.15) is 0 Å². The van der Waals surface area contributed by atoms with Crippen molar-refractivity contribution in [1.29, 1.82) is 0 Å². The molecule has 2 aromatic rings. The average Bonchev–Trinajstić information content (AvgIpc) is 3.41. The molecule has 2 fully saturated rings. The smallest absolute Gasteiger partial charge is 0.254 e.